The first-order valence-electron chi connectivity index (χ1n) is 10.6. The number of hydrogen-bond acceptors (Lipinski definition) is 7. The van der Waals surface area contributed by atoms with Gasteiger partial charge in [-0.3, -0.25) is 4.79 Å². The Labute approximate surface area is 190 Å². The average Bonchev–Trinajstić information content (AvgIpc) is 3.36. The minimum Gasteiger partial charge on any atom is -0.494 e. The second kappa shape index (κ2) is 9.78. The van der Waals surface area contributed by atoms with E-state index in [0.717, 1.165) is 34.2 Å². The zero-order valence-corrected chi connectivity index (χ0v) is 19.1. The molecule has 2 aromatic heterocycles. The highest BCUT2D eigenvalue weighted by Crippen LogP contribution is 2.28. The highest BCUT2D eigenvalue weighted by molar-refractivity contribution is 7.19. The second-order valence-electron chi connectivity index (χ2n) is 7.06. The maximum atomic E-state index is 12.9. The molecule has 0 aliphatic rings. The van der Waals surface area contributed by atoms with E-state index >= 15 is 0 Å². The number of anilines is 1. The molecule has 4 rings (SSSR count). The van der Waals surface area contributed by atoms with Crippen molar-refractivity contribution in [1.29, 1.82) is 0 Å². The molecule has 0 saturated heterocycles. The van der Waals surface area contributed by atoms with Crippen molar-refractivity contribution < 1.29 is 14.3 Å². The summed E-state index contributed by atoms with van der Waals surface area (Å²) in [5.41, 5.74) is 2.04. The van der Waals surface area contributed by atoms with Gasteiger partial charge in [0.2, 0.25) is 4.96 Å². The molecule has 0 aliphatic carbocycles. The van der Waals surface area contributed by atoms with Crippen molar-refractivity contribution in [3.63, 3.8) is 0 Å². The van der Waals surface area contributed by atoms with Gasteiger partial charge in [-0.2, -0.15) is 9.61 Å². The summed E-state index contributed by atoms with van der Waals surface area (Å²) < 4.78 is 13.0. The molecule has 0 unspecified atom stereocenters. The van der Waals surface area contributed by atoms with E-state index in [2.05, 4.69) is 27.5 Å². The van der Waals surface area contributed by atoms with Crippen LogP contribution in [0.2, 0.25) is 0 Å². The fourth-order valence-electron chi connectivity index (χ4n) is 3.29. The highest BCUT2D eigenvalue weighted by Gasteiger charge is 2.14. The van der Waals surface area contributed by atoms with E-state index in [9.17, 15) is 4.79 Å². The number of carbonyl (C=O) groups excluding carboxylic acids is 1. The van der Waals surface area contributed by atoms with E-state index < -0.39 is 0 Å². The minimum absolute atomic E-state index is 0.243. The molecule has 2 aromatic carbocycles. The maximum Gasteiger partial charge on any atom is 0.255 e. The van der Waals surface area contributed by atoms with Crippen LogP contribution >= 0.6 is 11.3 Å². The number of rotatable bonds is 9. The number of benzene rings is 2. The van der Waals surface area contributed by atoms with Gasteiger partial charge in [-0.1, -0.05) is 30.4 Å². The number of ether oxygens (including phenoxy) is 2. The molecule has 166 valence electrons. The molecule has 0 spiro atoms. The third-order valence-corrected chi connectivity index (χ3v) is 5.61. The SMILES string of the molecule is CCCc1nnc2sc(-c3cccc(NC(=O)c4cc(OCC)cc(OCC)c4)c3)nn12. The van der Waals surface area contributed by atoms with Gasteiger partial charge in [-0.25, -0.2) is 0 Å². The lowest BCUT2D eigenvalue weighted by molar-refractivity contribution is 0.102. The van der Waals surface area contributed by atoms with Crippen LogP contribution in [-0.4, -0.2) is 38.9 Å². The summed E-state index contributed by atoms with van der Waals surface area (Å²) in [4.78, 5) is 13.7. The van der Waals surface area contributed by atoms with Crippen molar-refractivity contribution in [3.8, 4) is 22.1 Å². The number of carbonyl (C=O) groups is 1. The number of aryl methyl sites for hydroxylation is 1. The lowest BCUT2D eigenvalue weighted by Crippen LogP contribution is -2.12. The Morgan fingerprint density at radius 1 is 1.03 bits per heavy atom. The van der Waals surface area contributed by atoms with Crippen LogP contribution in [-0.2, 0) is 6.42 Å². The Kier molecular flexibility index (Phi) is 6.65. The topological polar surface area (TPSA) is 90.6 Å². The van der Waals surface area contributed by atoms with Gasteiger partial charge >= 0.3 is 0 Å². The molecule has 0 bridgehead atoms. The first-order valence-corrected chi connectivity index (χ1v) is 11.5. The molecule has 0 aliphatic heterocycles. The zero-order chi connectivity index (χ0) is 22.5. The van der Waals surface area contributed by atoms with Gasteiger partial charge in [0, 0.05) is 29.3 Å². The van der Waals surface area contributed by atoms with Crippen molar-refractivity contribution in [3.05, 3.63) is 53.9 Å². The molecular weight excluding hydrogens is 426 g/mol. The number of aromatic nitrogens is 4. The van der Waals surface area contributed by atoms with Gasteiger partial charge in [0.25, 0.3) is 5.91 Å². The van der Waals surface area contributed by atoms with Crippen molar-refractivity contribution in [1.82, 2.24) is 19.8 Å². The Bertz CT molecular complexity index is 1210. The molecule has 8 nitrogen and oxygen atoms in total. The van der Waals surface area contributed by atoms with Crippen molar-refractivity contribution in [2.45, 2.75) is 33.6 Å². The van der Waals surface area contributed by atoms with Gasteiger partial charge in [0.15, 0.2) is 5.82 Å². The van der Waals surface area contributed by atoms with Crippen LogP contribution in [0.5, 0.6) is 11.5 Å². The summed E-state index contributed by atoms with van der Waals surface area (Å²) in [6.45, 7) is 6.91. The molecule has 1 N–H and O–H groups in total. The first kappa shape index (κ1) is 21.8. The van der Waals surface area contributed by atoms with Crippen molar-refractivity contribution >= 4 is 27.9 Å². The molecule has 0 radical (unpaired) electrons. The van der Waals surface area contributed by atoms with E-state index in [-0.39, 0.29) is 5.91 Å². The van der Waals surface area contributed by atoms with Gasteiger partial charge in [0.05, 0.1) is 13.2 Å². The number of nitrogens with zero attached hydrogens (tertiary/aromatic N) is 4. The van der Waals surface area contributed by atoms with Crippen LogP contribution in [0.1, 0.15) is 43.4 Å². The Morgan fingerprint density at radius 3 is 2.47 bits per heavy atom. The van der Waals surface area contributed by atoms with E-state index in [1.807, 2.05) is 38.1 Å². The smallest absolute Gasteiger partial charge is 0.255 e. The van der Waals surface area contributed by atoms with Gasteiger partial charge in [0.1, 0.15) is 16.5 Å². The standard InChI is InChI=1S/C23H25N5O3S/c1-4-8-20-25-26-23-28(20)27-22(32-23)15-9-7-10-17(11-15)24-21(29)16-12-18(30-5-2)14-19(13-16)31-6-3/h7,9-14H,4-6,8H2,1-3H3,(H,24,29). The molecule has 1 amide bonds. The third kappa shape index (κ3) is 4.72. The summed E-state index contributed by atoms with van der Waals surface area (Å²) >= 11 is 1.47. The summed E-state index contributed by atoms with van der Waals surface area (Å²) in [7, 11) is 0. The average molecular weight is 452 g/mol. The number of nitrogens with one attached hydrogen (secondary N) is 1. The number of fused-ring (bicyclic) bond motifs is 1. The molecule has 0 saturated carbocycles. The zero-order valence-electron chi connectivity index (χ0n) is 18.3. The normalized spacial score (nSPS) is 11.0. The van der Waals surface area contributed by atoms with Crippen molar-refractivity contribution in [2.75, 3.05) is 18.5 Å². The predicted octanol–water partition coefficient (Wildman–Crippen LogP) is 4.86. The molecule has 9 heteroatoms. The molecular formula is C23H25N5O3S. The number of hydrogen-bond donors (Lipinski definition) is 1. The molecule has 2 heterocycles. The summed E-state index contributed by atoms with van der Waals surface area (Å²) in [5, 5.41) is 16.9. The second-order valence-corrected chi connectivity index (χ2v) is 8.02. The lowest BCUT2D eigenvalue weighted by atomic mass is 10.1. The lowest BCUT2D eigenvalue weighted by Gasteiger charge is -2.11. The van der Waals surface area contributed by atoms with E-state index in [0.29, 0.717) is 36.0 Å². The Morgan fingerprint density at radius 2 is 1.78 bits per heavy atom. The molecule has 0 fully saturated rings. The fourth-order valence-corrected chi connectivity index (χ4v) is 4.14. The van der Waals surface area contributed by atoms with Crippen LogP contribution in [0.15, 0.2) is 42.5 Å². The Hall–Kier alpha value is -3.46. The van der Waals surface area contributed by atoms with Gasteiger partial charge < -0.3 is 14.8 Å². The van der Waals surface area contributed by atoms with Crippen LogP contribution in [0.25, 0.3) is 15.5 Å². The van der Waals surface area contributed by atoms with Gasteiger partial charge in [-0.05, 0) is 44.5 Å². The summed E-state index contributed by atoms with van der Waals surface area (Å²) in [6.07, 6.45) is 1.80. The highest BCUT2D eigenvalue weighted by atomic mass is 32.1. The largest absolute Gasteiger partial charge is 0.494 e. The van der Waals surface area contributed by atoms with Crippen LogP contribution < -0.4 is 14.8 Å². The van der Waals surface area contributed by atoms with E-state index in [1.165, 1.54) is 11.3 Å². The monoisotopic (exact) mass is 451 g/mol. The minimum atomic E-state index is -0.243. The van der Waals surface area contributed by atoms with Gasteiger partial charge in [-0.15, -0.1) is 10.2 Å². The Balaban J connectivity index is 1.57. The quantitative estimate of drug-likeness (QED) is 0.391. The molecule has 32 heavy (non-hydrogen) atoms. The van der Waals surface area contributed by atoms with Crippen LogP contribution in [0, 0.1) is 0 Å². The fraction of sp³-hybridized carbons (Fsp3) is 0.304. The van der Waals surface area contributed by atoms with Crippen molar-refractivity contribution in [2.24, 2.45) is 0 Å². The maximum absolute atomic E-state index is 12.9. The van der Waals surface area contributed by atoms with Crippen LogP contribution in [0.4, 0.5) is 5.69 Å². The third-order valence-electron chi connectivity index (χ3n) is 4.66. The van der Waals surface area contributed by atoms with E-state index in [4.69, 9.17) is 9.47 Å². The van der Waals surface area contributed by atoms with Crippen LogP contribution in [0.3, 0.4) is 0 Å². The molecule has 4 aromatic rings. The number of amides is 1. The predicted molar refractivity (Wildman–Crippen MR) is 125 cm³/mol. The molecule has 0 atom stereocenters. The summed E-state index contributed by atoms with van der Waals surface area (Å²) in [5.74, 6) is 1.81. The first-order chi connectivity index (χ1) is 15.6. The van der Waals surface area contributed by atoms with E-state index in [1.54, 1.807) is 22.7 Å². The summed E-state index contributed by atoms with van der Waals surface area (Å²) in [6, 6.07) is 12.8.